The van der Waals surface area contributed by atoms with Crippen LogP contribution in [-0.2, 0) is 9.59 Å². The average molecular weight is 197 g/mol. The van der Waals surface area contributed by atoms with Crippen molar-refractivity contribution in [1.29, 1.82) is 0 Å². The van der Waals surface area contributed by atoms with Crippen LogP contribution in [0.2, 0.25) is 0 Å². The Balaban J connectivity index is 2.41. The summed E-state index contributed by atoms with van der Waals surface area (Å²) >= 11 is 0. The van der Waals surface area contributed by atoms with Gasteiger partial charge in [-0.3, -0.25) is 9.59 Å². The molecule has 0 N–H and O–H groups in total. The van der Waals surface area contributed by atoms with E-state index in [1.165, 1.54) is 6.08 Å². The van der Waals surface area contributed by atoms with Crippen molar-refractivity contribution in [3.8, 4) is 12.3 Å². The Kier molecular flexibility index (Phi) is 2.11. The first kappa shape index (κ1) is 9.22. The first-order chi connectivity index (χ1) is 7.24. The van der Waals surface area contributed by atoms with Crippen molar-refractivity contribution in [3.05, 3.63) is 42.0 Å². The van der Waals surface area contributed by atoms with Gasteiger partial charge in [0.25, 0.3) is 11.8 Å². The lowest BCUT2D eigenvalue weighted by molar-refractivity contribution is -0.120. The van der Waals surface area contributed by atoms with E-state index in [2.05, 4.69) is 5.92 Å². The van der Waals surface area contributed by atoms with Gasteiger partial charge in [0.2, 0.25) is 0 Å². The number of terminal acetylenes is 1. The maximum absolute atomic E-state index is 11.6. The van der Waals surface area contributed by atoms with Gasteiger partial charge in [-0.25, -0.2) is 4.90 Å². The molecule has 2 rings (SSSR count). The Morgan fingerprint density at radius 2 is 1.80 bits per heavy atom. The summed E-state index contributed by atoms with van der Waals surface area (Å²) in [5.74, 6) is 1.37. The van der Waals surface area contributed by atoms with Crippen LogP contribution >= 0.6 is 0 Å². The molecule has 15 heavy (non-hydrogen) atoms. The van der Waals surface area contributed by atoms with Crippen LogP contribution in [0.4, 0.5) is 5.69 Å². The van der Waals surface area contributed by atoms with E-state index < -0.39 is 5.91 Å². The Morgan fingerprint density at radius 3 is 2.33 bits per heavy atom. The first-order valence-corrected chi connectivity index (χ1v) is 4.36. The normalized spacial score (nSPS) is 15.1. The lowest BCUT2D eigenvalue weighted by Gasteiger charge is -2.13. The van der Waals surface area contributed by atoms with E-state index in [4.69, 9.17) is 6.42 Å². The number of rotatable bonds is 1. The van der Waals surface area contributed by atoms with Crippen molar-refractivity contribution in [2.45, 2.75) is 0 Å². The number of para-hydroxylation sites is 1. The van der Waals surface area contributed by atoms with Crippen molar-refractivity contribution < 1.29 is 9.59 Å². The zero-order chi connectivity index (χ0) is 10.8. The number of anilines is 1. The van der Waals surface area contributed by atoms with Crippen LogP contribution in [0.3, 0.4) is 0 Å². The molecule has 1 aliphatic rings. The summed E-state index contributed by atoms with van der Waals surface area (Å²) in [7, 11) is 0. The predicted molar refractivity (Wildman–Crippen MR) is 55.9 cm³/mol. The highest BCUT2D eigenvalue weighted by molar-refractivity contribution is 6.32. The van der Waals surface area contributed by atoms with Gasteiger partial charge in [-0.15, -0.1) is 6.42 Å². The number of benzene rings is 1. The predicted octanol–water partition coefficient (Wildman–Crippen LogP) is 1.12. The Hall–Kier alpha value is -2.34. The molecule has 0 unspecified atom stereocenters. The molecule has 1 aromatic carbocycles. The molecule has 72 valence electrons. The van der Waals surface area contributed by atoms with Crippen molar-refractivity contribution in [2.24, 2.45) is 0 Å². The van der Waals surface area contributed by atoms with Crippen LogP contribution in [0.1, 0.15) is 0 Å². The summed E-state index contributed by atoms with van der Waals surface area (Å²) < 4.78 is 0. The van der Waals surface area contributed by atoms with Crippen LogP contribution in [0.25, 0.3) is 0 Å². The molecule has 0 fully saturated rings. The minimum Gasteiger partial charge on any atom is -0.269 e. The Morgan fingerprint density at radius 1 is 1.13 bits per heavy atom. The van der Waals surface area contributed by atoms with E-state index in [0.717, 1.165) is 4.90 Å². The second kappa shape index (κ2) is 3.43. The molecule has 0 saturated carbocycles. The number of nitrogens with zero attached hydrogens (tertiary/aromatic N) is 1. The smallest absolute Gasteiger partial charge is 0.269 e. The molecule has 0 radical (unpaired) electrons. The number of imide groups is 1. The number of hydrogen-bond acceptors (Lipinski definition) is 2. The van der Waals surface area contributed by atoms with Crippen LogP contribution in [0.5, 0.6) is 0 Å². The molecule has 0 atom stereocenters. The lowest BCUT2D eigenvalue weighted by Crippen LogP contribution is -2.30. The summed E-state index contributed by atoms with van der Waals surface area (Å²) in [6.45, 7) is 0. The molecule has 1 aliphatic heterocycles. The van der Waals surface area contributed by atoms with Crippen LogP contribution in [-0.4, -0.2) is 11.8 Å². The third-order valence-electron chi connectivity index (χ3n) is 2.09. The van der Waals surface area contributed by atoms with Crippen molar-refractivity contribution in [2.75, 3.05) is 4.90 Å². The van der Waals surface area contributed by atoms with Gasteiger partial charge in [-0.2, -0.15) is 0 Å². The molecule has 3 heteroatoms. The van der Waals surface area contributed by atoms with Crippen LogP contribution < -0.4 is 4.90 Å². The third-order valence-corrected chi connectivity index (χ3v) is 2.09. The molecule has 1 aromatic rings. The molecular formula is C12H7NO2. The Labute approximate surface area is 87.0 Å². The van der Waals surface area contributed by atoms with E-state index in [0.29, 0.717) is 5.69 Å². The zero-order valence-corrected chi connectivity index (χ0v) is 7.81. The van der Waals surface area contributed by atoms with Crippen molar-refractivity contribution in [3.63, 3.8) is 0 Å². The second-order valence-electron chi connectivity index (χ2n) is 3.02. The highest BCUT2D eigenvalue weighted by Crippen LogP contribution is 2.21. The topological polar surface area (TPSA) is 37.4 Å². The fourth-order valence-corrected chi connectivity index (χ4v) is 1.40. The fourth-order valence-electron chi connectivity index (χ4n) is 1.40. The minimum atomic E-state index is -0.436. The molecule has 0 bridgehead atoms. The molecule has 3 nitrogen and oxygen atoms in total. The maximum Gasteiger partial charge on any atom is 0.273 e. The number of carbonyl (C=O) groups is 2. The van der Waals surface area contributed by atoms with Crippen LogP contribution in [0, 0.1) is 12.3 Å². The average Bonchev–Trinajstić information content (AvgIpc) is 2.55. The molecule has 0 saturated heterocycles. The number of hydrogen-bond donors (Lipinski definition) is 0. The second-order valence-corrected chi connectivity index (χ2v) is 3.02. The standard InChI is InChI=1S/C12H7NO2/c1-2-9-8-11(14)13(12(9)15)10-6-4-3-5-7-10/h1,3-8H. The minimum absolute atomic E-state index is 0.101. The quantitative estimate of drug-likeness (QED) is 0.499. The molecule has 0 aromatic heterocycles. The van der Waals surface area contributed by atoms with Gasteiger partial charge in [-0.05, 0) is 12.1 Å². The van der Waals surface area contributed by atoms with Crippen molar-refractivity contribution >= 4 is 17.5 Å². The molecule has 1 heterocycles. The number of amides is 2. The fraction of sp³-hybridized carbons (Fsp3) is 0. The molecule has 2 amide bonds. The van der Waals surface area contributed by atoms with Crippen LogP contribution in [0.15, 0.2) is 42.0 Å². The zero-order valence-electron chi connectivity index (χ0n) is 7.81. The third kappa shape index (κ3) is 1.42. The monoisotopic (exact) mass is 197 g/mol. The van der Waals surface area contributed by atoms with Gasteiger partial charge >= 0.3 is 0 Å². The molecular weight excluding hydrogens is 190 g/mol. The SMILES string of the molecule is C#CC1=CC(=O)N(c2ccccc2)C1=O. The van der Waals surface area contributed by atoms with E-state index >= 15 is 0 Å². The largest absolute Gasteiger partial charge is 0.273 e. The summed E-state index contributed by atoms with van der Waals surface area (Å²) in [6, 6.07) is 8.68. The highest BCUT2D eigenvalue weighted by atomic mass is 16.2. The van der Waals surface area contributed by atoms with E-state index in [1.807, 2.05) is 6.07 Å². The van der Waals surface area contributed by atoms with Gasteiger partial charge in [-0.1, -0.05) is 24.1 Å². The van der Waals surface area contributed by atoms with Gasteiger partial charge in [0, 0.05) is 6.08 Å². The highest BCUT2D eigenvalue weighted by Gasteiger charge is 2.30. The van der Waals surface area contributed by atoms with E-state index in [1.54, 1.807) is 24.3 Å². The van der Waals surface area contributed by atoms with Gasteiger partial charge < -0.3 is 0 Å². The molecule has 0 aliphatic carbocycles. The van der Waals surface area contributed by atoms with Gasteiger partial charge in [0.15, 0.2) is 0 Å². The Bertz CT molecular complexity index is 494. The number of carbonyl (C=O) groups excluding carboxylic acids is 2. The summed E-state index contributed by atoms with van der Waals surface area (Å²) in [6.07, 6.45) is 6.28. The first-order valence-electron chi connectivity index (χ1n) is 4.36. The summed E-state index contributed by atoms with van der Waals surface area (Å²) in [5, 5.41) is 0. The van der Waals surface area contributed by atoms with Gasteiger partial charge in [0.05, 0.1) is 11.3 Å². The van der Waals surface area contributed by atoms with E-state index in [9.17, 15) is 9.59 Å². The summed E-state index contributed by atoms with van der Waals surface area (Å²) in [5.41, 5.74) is 0.637. The van der Waals surface area contributed by atoms with Crippen molar-refractivity contribution in [1.82, 2.24) is 0 Å². The molecule has 0 spiro atoms. The lowest BCUT2D eigenvalue weighted by atomic mass is 10.2. The maximum atomic E-state index is 11.6. The van der Waals surface area contributed by atoms with Gasteiger partial charge in [0.1, 0.15) is 0 Å². The summed E-state index contributed by atoms with van der Waals surface area (Å²) in [4.78, 5) is 24.2. The van der Waals surface area contributed by atoms with E-state index in [-0.39, 0.29) is 11.5 Å².